The first-order chi connectivity index (χ1) is 16.2. The maximum absolute atomic E-state index is 12.9. The Balaban J connectivity index is 1.23. The average molecular weight is 448 g/mol. The van der Waals surface area contributed by atoms with Gasteiger partial charge in [0.1, 0.15) is 11.6 Å². The topological polar surface area (TPSA) is 78.9 Å². The maximum Gasteiger partial charge on any atom is 0.256 e. The van der Waals surface area contributed by atoms with Crippen molar-refractivity contribution in [3.63, 3.8) is 0 Å². The van der Waals surface area contributed by atoms with E-state index < -0.39 is 0 Å². The lowest BCUT2D eigenvalue weighted by Gasteiger charge is -2.30. The highest BCUT2D eigenvalue weighted by Gasteiger charge is 2.33. The van der Waals surface area contributed by atoms with Gasteiger partial charge in [0, 0.05) is 51.0 Å². The third-order valence-electron chi connectivity index (χ3n) is 7.23. The fourth-order valence-corrected chi connectivity index (χ4v) is 5.34. The first-order valence-electron chi connectivity index (χ1n) is 12.1. The Morgan fingerprint density at radius 1 is 1.00 bits per heavy atom. The predicted molar refractivity (Wildman–Crippen MR) is 123 cm³/mol. The highest BCUT2D eigenvalue weighted by molar-refractivity contribution is 5.98. The van der Waals surface area contributed by atoms with Gasteiger partial charge >= 0.3 is 0 Å². The van der Waals surface area contributed by atoms with E-state index >= 15 is 0 Å². The van der Waals surface area contributed by atoms with E-state index in [2.05, 4.69) is 9.88 Å². The number of carbonyl (C=O) groups excluding carboxylic acids is 2. The standard InChI is InChI=1S/C25H29N5O3/c31-24(28-6-2-1-3-7-28)19-9-18-5-4-8-30(23(18)27-11-19)22-10-20-14-29(13-17-15-33-16-17)25(32)21(20)12-26-22/h9-12,17H,1-8,13-16H2. The van der Waals surface area contributed by atoms with Crippen LogP contribution >= 0.6 is 0 Å². The third kappa shape index (κ3) is 3.76. The molecular weight excluding hydrogens is 418 g/mol. The molecule has 0 aromatic carbocycles. The van der Waals surface area contributed by atoms with Gasteiger partial charge < -0.3 is 19.4 Å². The molecule has 0 radical (unpaired) electrons. The lowest BCUT2D eigenvalue weighted by Crippen LogP contribution is -2.39. The van der Waals surface area contributed by atoms with Crippen LogP contribution in [0.5, 0.6) is 0 Å². The molecule has 2 amide bonds. The average Bonchev–Trinajstić information content (AvgIpc) is 3.15. The van der Waals surface area contributed by atoms with E-state index in [4.69, 9.17) is 9.72 Å². The van der Waals surface area contributed by atoms with Gasteiger partial charge in [-0.25, -0.2) is 9.97 Å². The second-order valence-electron chi connectivity index (χ2n) is 9.60. The molecule has 0 unspecified atom stereocenters. The summed E-state index contributed by atoms with van der Waals surface area (Å²) >= 11 is 0. The van der Waals surface area contributed by atoms with E-state index in [1.54, 1.807) is 12.4 Å². The molecule has 2 fully saturated rings. The Hall–Kier alpha value is -3.00. The first kappa shape index (κ1) is 20.6. The summed E-state index contributed by atoms with van der Waals surface area (Å²) in [4.78, 5) is 41.1. The molecule has 0 bridgehead atoms. The molecule has 0 aliphatic carbocycles. The minimum Gasteiger partial charge on any atom is -0.381 e. The first-order valence-corrected chi connectivity index (χ1v) is 12.1. The molecule has 0 N–H and O–H groups in total. The molecule has 172 valence electrons. The summed E-state index contributed by atoms with van der Waals surface area (Å²) in [7, 11) is 0. The Labute approximate surface area is 193 Å². The number of hydrogen-bond donors (Lipinski definition) is 0. The molecule has 6 rings (SSSR count). The number of fused-ring (bicyclic) bond motifs is 2. The van der Waals surface area contributed by atoms with Crippen LogP contribution in [0, 0.1) is 5.92 Å². The summed E-state index contributed by atoms with van der Waals surface area (Å²) in [6.07, 6.45) is 8.67. The normalized spacial score (nSPS) is 20.5. The number of likely N-dealkylation sites (tertiary alicyclic amines) is 1. The van der Waals surface area contributed by atoms with Crippen LogP contribution in [0.1, 0.15) is 57.5 Å². The number of pyridine rings is 2. The van der Waals surface area contributed by atoms with Crippen molar-refractivity contribution in [2.45, 2.75) is 38.6 Å². The van der Waals surface area contributed by atoms with Gasteiger partial charge in [-0.05, 0) is 55.4 Å². The van der Waals surface area contributed by atoms with Gasteiger partial charge in [-0.3, -0.25) is 9.59 Å². The van der Waals surface area contributed by atoms with E-state index in [9.17, 15) is 9.59 Å². The molecule has 4 aliphatic rings. The van der Waals surface area contributed by atoms with Crippen molar-refractivity contribution in [1.82, 2.24) is 19.8 Å². The van der Waals surface area contributed by atoms with Crippen molar-refractivity contribution in [3.8, 4) is 0 Å². The Bertz CT molecular complexity index is 1090. The smallest absolute Gasteiger partial charge is 0.256 e. The third-order valence-corrected chi connectivity index (χ3v) is 7.23. The molecule has 8 nitrogen and oxygen atoms in total. The molecule has 2 aromatic heterocycles. The summed E-state index contributed by atoms with van der Waals surface area (Å²) in [5.74, 6) is 2.29. The molecule has 0 saturated carbocycles. The van der Waals surface area contributed by atoms with Crippen molar-refractivity contribution in [3.05, 3.63) is 46.8 Å². The number of aryl methyl sites for hydroxylation is 1. The Morgan fingerprint density at radius 3 is 2.64 bits per heavy atom. The van der Waals surface area contributed by atoms with E-state index in [1.807, 2.05) is 21.9 Å². The highest BCUT2D eigenvalue weighted by atomic mass is 16.5. The molecule has 6 heterocycles. The minimum atomic E-state index is 0.0639. The molecular formula is C25H29N5O3. The van der Waals surface area contributed by atoms with Crippen LogP contribution in [0.3, 0.4) is 0 Å². The number of hydrogen-bond acceptors (Lipinski definition) is 6. The van der Waals surface area contributed by atoms with Gasteiger partial charge in [0.05, 0.1) is 24.3 Å². The number of amides is 2. The Kier molecular flexibility index (Phi) is 5.25. The lowest BCUT2D eigenvalue weighted by atomic mass is 10.0. The molecule has 0 atom stereocenters. The number of nitrogens with zero attached hydrogens (tertiary/aromatic N) is 5. The van der Waals surface area contributed by atoms with Crippen LogP contribution in [0.2, 0.25) is 0 Å². The molecule has 4 aliphatic heterocycles. The summed E-state index contributed by atoms with van der Waals surface area (Å²) in [6, 6.07) is 4.05. The van der Waals surface area contributed by atoms with E-state index in [1.165, 1.54) is 6.42 Å². The van der Waals surface area contributed by atoms with Crippen LogP contribution in [-0.4, -0.2) is 71.0 Å². The number of carbonyl (C=O) groups is 2. The van der Waals surface area contributed by atoms with Gasteiger partial charge in [0.2, 0.25) is 0 Å². The largest absolute Gasteiger partial charge is 0.381 e. The zero-order valence-electron chi connectivity index (χ0n) is 18.8. The van der Waals surface area contributed by atoms with E-state index in [0.29, 0.717) is 23.6 Å². The number of aromatic nitrogens is 2. The van der Waals surface area contributed by atoms with Gasteiger partial charge in [-0.2, -0.15) is 0 Å². The van der Waals surface area contributed by atoms with Gasteiger partial charge in [0.15, 0.2) is 0 Å². The summed E-state index contributed by atoms with van der Waals surface area (Å²) < 4.78 is 5.26. The van der Waals surface area contributed by atoms with E-state index in [0.717, 1.165) is 87.8 Å². The van der Waals surface area contributed by atoms with Crippen molar-refractivity contribution in [2.24, 2.45) is 5.92 Å². The number of anilines is 2. The highest BCUT2D eigenvalue weighted by Crippen LogP contribution is 2.34. The second kappa shape index (κ2) is 8.41. The Morgan fingerprint density at radius 2 is 1.85 bits per heavy atom. The van der Waals surface area contributed by atoms with Crippen molar-refractivity contribution in [1.29, 1.82) is 0 Å². The van der Waals surface area contributed by atoms with Gasteiger partial charge in [-0.15, -0.1) is 0 Å². The summed E-state index contributed by atoms with van der Waals surface area (Å²) in [5.41, 5.74) is 3.50. The monoisotopic (exact) mass is 447 g/mol. The molecule has 2 aromatic rings. The van der Waals surface area contributed by atoms with Gasteiger partial charge in [-0.1, -0.05) is 0 Å². The fourth-order valence-electron chi connectivity index (χ4n) is 5.34. The lowest BCUT2D eigenvalue weighted by molar-refractivity contribution is -0.0433. The zero-order valence-corrected chi connectivity index (χ0v) is 18.8. The number of ether oxygens (including phenoxy) is 1. The van der Waals surface area contributed by atoms with Gasteiger partial charge in [0.25, 0.3) is 11.8 Å². The molecule has 2 saturated heterocycles. The predicted octanol–water partition coefficient (Wildman–Crippen LogP) is 2.79. The van der Waals surface area contributed by atoms with Crippen molar-refractivity contribution < 1.29 is 14.3 Å². The summed E-state index contributed by atoms with van der Waals surface area (Å²) in [6.45, 7) is 5.34. The fraction of sp³-hybridized carbons (Fsp3) is 0.520. The second-order valence-corrected chi connectivity index (χ2v) is 9.60. The van der Waals surface area contributed by atoms with Crippen LogP contribution in [0.15, 0.2) is 24.5 Å². The minimum absolute atomic E-state index is 0.0639. The maximum atomic E-state index is 12.9. The van der Waals surface area contributed by atoms with Crippen molar-refractivity contribution >= 4 is 23.5 Å². The summed E-state index contributed by atoms with van der Waals surface area (Å²) in [5, 5.41) is 0. The molecule has 8 heteroatoms. The SMILES string of the molecule is O=C(c1cnc2c(c1)CCCN2c1cc2c(cn1)C(=O)N(CC1COC1)C2)N1CCCCC1. The van der Waals surface area contributed by atoms with E-state index in [-0.39, 0.29) is 11.8 Å². The number of rotatable bonds is 4. The molecule has 0 spiro atoms. The number of piperidine rings is 1. The van der Waals surface area contributed by atoms with Crippen LogP contribution < -0.4 is 4.90 Å². The van der Waals surface area contributed by atoms with Crippen molar-refractivity contribution in [2.75, 3.05) is 44.3 Å². The van der Waals surface area contributed by atoms with Crippen LogP contribution in [0.4, 0.5) is 11.6 Å². The zero-order chi connectivity index (χ0) is 22.4. The van der Waals surface area contributed by atoms with Crippen LogP contribution in [0.25, 0.3) is 0 Å². The quantitative estimate of drug-likeness (QED) is 0.717. The molecule has 33 heavy (non-hydrogen) atoms. The van der Waals surface area contributed by atoms with Crippen LogP contribution in [-0.2, 0) is 17.7 Å².